The zero-order valence-corrected chi connectivity index (χ0v) is 8.88. The van der Waals surface area contributed by atoms with Crippen molar-refractivity contribution in [3.63, 3.8) is 0 Å². The maximum absolute atomic E-state index is 11.2. The Bertz CT molecular complexity index is 199. The van der Waals surface area contributed by atoms with E-state index in [2.05, 4.69) is 11.2 Å². The van der Waals surface area contributed by atoms with Gasteiger partial charge in [-0.05, 0) is 6.54 Å². The molecule has 0 aromatic carbocycles. The number of amides is 1. The van der Waals surface area contributed by atoms with E-state index in [-0.39, 0.29) is 5.91 Å². The number of rotatable bonds is 7. The summed E-state index contributed by atoms with van der Waals surface area (Å²) in [5.41, 5.74) is 0. The van der Waals surface area contributed by atoms with Crippen molar-refractivity contribution in [3.05, 3.63) is 0 Å². The van der Waals surface area contributed by atoms with Gasteiger partial charge in [0.15, 0.2) is 0 Å². The maximum Gasteiger partial charge on any atom is 0.234 e. The van der Waals surface area contributed by atoms with E-state index >= 15 is 0 Å². The second-order valence-electron chi connectivity index (χ2n) is 2.84. The van der Waals surface area contributed by atoms with Crippen LogP contribution in [-0.4, -0.2) is 50.7 Å². The summed E-state index contributed by atoms with van der Waals surface area (Å²) in [4.78, 5) is 13.2. The van der Waals surface area contributed by atoms with Gasteiger partial charge in [0, 0.05) is 13.7 Å². The molecule has 80 valence electrons. The lowest BCUT2D eigenvalue weighted by atomic mass is 10.4. The molecule has 0 rings (SSSR count). The molecule has 0 aliphatic rings. The number of nitrogens with zero attached hydrogens (tertiary/aromatic N) is 1. The summed E-state index contributed by atoms with van der Waals surface area (Å²) in [6, 6.07) is 0. The molecule has 0 saturated carbocycles. The third-order valence-corrected chi connectivity index (χ3v) is 1.81. The molecule has 0 radical (unpaired) electrons. The van der Waals surface area contributed by atoms with Gasteiger partial charge >= 0.3 is 0 Å². The van der Waals surface area contributed by atoms with Gasteiger partial charge in [0.2, 0.25) is 5.91 Å². The van der Waals surface area contributed by atoms with Crippen molar-refractivity contribution in [1.29, 1.82) is 0 Å². The average Bonchev–Trinajstić information content (AvgIpc) is 2.21. The Morgan fingerprint density at radius 3 is 2.86 bits per heavy atom. The second kappa shape index (κ2) is 8.54. The van der Waals surface area contributed by atoms with E-state index in [4.69, 9.17) is 11.2 Å². The number of terminal acetylenes is 1. The van der Waals surface area contributed by atoms with Gasteiger partial charge in [-0.3, -0.25) is 9.69 Å². The fraction of sp³-hybridized carbons (Fsp3) is 0.700. The second-order valence-corrected chi connectivity index (χ2v) is 2.84. The average molecular weight is 198 g/mol. The van der Waals surface area contributed by atoms with Gasteiger partial charge in [0.05, 0.1) is 19.7 Å². The molecule has 1 amide bonds. The zero-order chi connectivity index (χ0) is 10.8. The van der Waals surface area contributed by atoms with Crippen molar-refractivity contribution >= 4 is 5.91 Å². The van der Waals surface area contributed by atoms with Gasteiger partial charge in [-0.2, -0.15) is 0 Å². The fourth-order valence-corrected chi connectivity index (χ4v) is 0.978. The first kappa shape index (κ1) is 12.9. The molecule has 0 unspecified atom stereocenters. The third kappa shape index (κ3) is 6.46. The van der Waals surface area contributed by atoms with Gasteiger partial charge in [0.1, 0.15) is 0 Å². The predicted octanol–water partition coefficient (Wildman–Crippen LogP) is -0.296. The summed E-state index contributed by atoms with van der Waals surface area (Å²) in [6.07, 6.45) is 5.02. The standard InChI is InChI=1S/C10H18N2O2/c1-4-6-11-10(13)9-12(5-2)7-8-14-3/h1H,5-9H2,2-3H3,(H,11,13). The normalized spacial score (nSPS) is 9.86. The number of nitrogens with one attached hydrogen (secondary N) is 1. The Morgan fingerprint density at radius 1 is 1.64 bits per heavy atom. The highest BCUT2D eigenvalue weighted by Gasteiger charge is 2.07. The van der Waals surface area contributed by atoms with Crippen LogP contribution in [0, 0.1) is 12.3 Å². The van der Waals surface area contributed by atoms with Crippen molar-refractivity contribution < 1.29 is 9.53 Å². The topological polar surface area (TPSA) is 41.6 Å². The van der Waals surface area contributed by atoms with Gasteiger partial charge in [-0.1, -0.05) is 12.8 Å². The minimum atomic E-state index is -0.0408. The predicted molar refractivity (Wildman–Crippen MR) is 55.8 cm³/mol. The number of hydrogen-bond donors (Lipinski definition) is 1. The van der Waals surface area contributed by atoms with Gasteiger partial charge < -0.3 is 10.1 Å². The van der Waals surface area contributed by atoms with Crippen LogP contribution in [0.15, 0.2) is 0 Å². The van der Waals surface area contributed by atoms with Crippen LogP contribution in [0.4, 0.5) is 0 Å². The molecule has 0 bridgehead atoms. The molecule has 0 aliphatic heterocycles. The Labute approximate surface area is 85.6 Å². The number of methoxy groups -OCH3 is 1. The van der Waals surface area contributed by atoms with Gasteiger partial charge in [-0.15, -0.1) is 6.42 Å². The van der Waals surface area contributed by atoms with Crippen LogP contribution in [0.25, 0.3) is 0 Å². The summed E-state index contributed by atoms with van der Waals surface area (Å²) in [5.74, 6) is 2.32. The molecule has 0 atom stereocenters. The van der Waals surface area contributed by atoms with Gasteiger partial charge in [-0.25, -0.2) is 0 Å². The number of carbonyl (C=O) groups excluding carboxylic acids is 1. The first-order chi connectivity index (χ1) is 6.74. The van der Waals surface area contributed by atoms with E-state index < -0.39 is 0 Å². The summed E-state index contributed by atoms with van der Waals surface area (Å²) >= 11 is 0. The molecule has 0 fully saturated rings. The first-order valence-electron chi connectivity index (χ1n) is 4.66. The Balaban J connectivity index is 3.69. The smallest absolute Gasteiger partial charge is 0.234 e. The number of carbonyl (C=O) groups is 1. The molecule has 0 aromatic heterocycles. The molecule has 4 heteroatoms. The molecular formula is C10H18N2O2. The summed E-state index contributed by atoms with van der Waals surface area (Å²) < 4.78 is 4.93. The van der Waals surface area contributed by atoms with Crippen LogP contribution in [-0.2, 0) is 9.53 Å². The molecule has 0 spiro atoms. The molecular weight excluding hydrogens is 180 g/mol. The zero-order valence-electron chi connectivity index (χ0n) is 8.88. The van der Waals surface area contributed by atoms with Crippen molar-refractivity contribution in [2.24, 2.45) is 0 Å². The number of likely N-dealkylation sites (N-methyl/N-ethyl adjacent to an activating group) is 1. The number of ether oxygens (including phenoxy) is 1. The van der Waals surface area contributed by atoms with Crippen molar-refractivity contribution in [2.75, 3.05) is 39.9 Å². The van der Waals surface area contributed by atoms with E-state index in [1.165, 1.54) is 0 Å². The highest BCUT2D eigenvalue weighted by molar-refractivity contribution is 5.78. The Kier molecular flexibility index (Phi) is 7.90. The molecule has 4 nitrogen and oxygen atoms in total. The van der Waals surface area contributed by atoms with Crippen LogP contribution in [0.5, 0.6) is 0 Å². The lowest BCUT2D eigenvalue weighted by molar-refractivity contribution is -0.122. The van der Waals surface area contributed by atoms with E-state index in [1.807, 2.05) is 11.8 Å². The van der Waals surface area contributed by atoms with Crippen molar-refractivity contribution in [3.8, 4) is 12.3 Å². The largest absolute Gasteiger partial charge is 0.383 e. The molecule has 0 aliphatic carbocycles. The molecule has 1 N–H and O–H groups in total. The van der Waals surface area contributed by atoms with E-state index in [9.17, 15) is 4.79 Å². The summed E-state index contributed by atoms with van der Waals surface area (Å²) in [7, 11) is 1.65. The van der Waals surface area contributed by atoms with Crippen molar-refractivity contribution in [1.82, 2.24) is 10.2 Å². The van der Waals surface area contributed by atoms with Gasteiger partial charge in [0.25, 0.3) is 0 Å². The van der Waals surface area contributed by atoms with Crippen LogP contribution in [0.1, 0.15) is 6.92 Å². The lowest BCUT2D eigenvalue weighted by Gasteiger charge is -2.18. The molecule has 0 aromatic rings. The lowest BCUT2D eigenvalue weighted by Crippen LogP contribution is -2.38. The van der Waals surface area contributed by atoms with Crippen molar-refractivity contribution in [2.45, 2.75) is 6.92 Å². The van der Waals surface area contributed by atoms with E-state index in [0.29, 0.717) is 19.7 Å². The monoisotopic (exact) mass is 198 g/mol. The quantitative estimate of drug-likeness (QED) is 0.571. The Hall–Kier alpha value is -1.05. The van der Waals surface area contributed by atoms with Crippen LogP contribution in [0.3, 0.4) is 0 Å². The highest BCUT2D eigenvalue weighted by Crippen LogP contribution is 1.87. The fourth-order valence-electron chi connectivity index (χ4n) is 0.978. The third-order valence-electron chi connectivity index (χ3n) is 1.81. The minimum absolute atomic E-state index is 0.0408. The van der Waals surface area contributed by atoms with Crippen LogP contribution >= 0.6 is 0 Å². The Morgan fingerprint density at radius 2 is 2.36 bits per heavy atom. The summed E-state index contributed by atoms with van der Waals surface area (Å²) in [5, 5.41) is 2.62. The van der Waals surface area contributed by atoms with E-state index in [1.54, 1.807) is 7.11 Å². The minimum Gasteiger partial charge on any atom is -0.383 e. The highest BCUT2D eigenvalue weighted by atomic mass is 16.5. The first-order valence-corrected chi connectivity index (χ1v) is 4.66. The van der Waals surface area contributed by atoms with Crippen LogP contribution in [0.2, 0.25) is 0 Å². The molecule has 0 saturated heterocycles. The SMILES string of the molecule is C#CCNC(=O)CN(CC)CCOC. The van der Waals surface area contributed by atoms with E-state index in [0.717, 1.165) is 13.1 Å². The summed E-state index contributed by atoms with van der Waals surface area (Å²) in [6.45, 7) is 4.89. The number of hydrogen-bond acceptors (Lipinski definition) is 3. The maximum atomic E-state index is 11.2. The van der Waals surface area contributed by atoms with Crippen LogP contribution < -0.4 is 5.32 Å². The molecule has 0 heterocycles. The molecule has 14 heavy (non-hydrogen) atoms.